The SMILES string of the molecule is O=C(I)OCc1ccccc1SSCCNI. The highest BCUT2D eigenvalue weighted by Gasteiger charge is 2.04. The van der Waals surface area contributed by atoms with E-state index in [4.69, 9.17) is 4.74 Å². The number of hydrogen-bond acceptors (Lipinski definition) is 5. The summed E-state index contributed by atoms with van der Waals surface area (Å²) in [4.78, 5) is 11.9. The molecule has 3 nitrogen and oxygen atoms in total. The number of rotatable bonds is 7. The molecule has 0 saturated heterocycles. The van der Waals surface area contributed by atoms with E-state index in [1.807, 2.05) is 24.3 Å². The van der Waals surface area contributed by atoms with Crippen molar-refractivity contribution in [3.05, 3.63) is 29.8 Å². The topological polar surface area (TPSA) is 38.3 Å². The number of nitrogens with one attached hydrogen (secondary N) is 1. The van der Waals surface area contributed by atoms with Gasteiger partial charge in [0.1, 0.15) is 6.61 Å². The predicted octanol–water partition coefficient (Wildman–Crippen LogP) is 4.44. The van der Waals surface area contributed by atoms with Crippen molar-refractivity contribution < 1.29 is 9.53 Å². The Morgan fingerprint density at radius 2 is 2.18 bits per heavy atom. The molecule has 0 aliphatic rings. The maximum atomic E-state index is 10.8. The second kappa shape index (κ2) is 9.70. The molecule has 1 aromatic carbocycles. The summed E-state index contributed by atoms with van der Waals surface area (Å²) in [6, 6.07) is 7.98. The maximum Gasteiger partial charge on any atom is 0.367 e. The molecule has 0 aromatic heterocycles. The summed E-state index contributed by atoms with van der Waals surface area (Å²) in [5.41, 5.74) is 1.05. The lowest BCUT2D eigenvalue weighted by atomic mass is 10.2. The van der Waals surface area contributed by atoms with Gasteiger partial charge in [-0.05, 0) is 6.07 Å². The van der Waals surface area contributed by atoms with Crippen LogP contribution in [0, 0.1) is 0 Å². The Kier molecular flexibility index (Phi) is 9.06. The summed E-state index contributed by atoms with van der Waals surface area (Å²) in [6.07, 6.45) is 0. The highest BCUT2D eigenvalue weighted by Crippen LogP contribution is 2.33. The van der Waals surface area contributed by atoms with E-state index in [0.717, 1.165) is 22.8 Å². The molecule has 7 heteroatoms. The third-order valence-electron chi connectivity index (χ3n) is 1.74. The first-order chi connectivity index (χ1) is 8.24. The first kappa shape index (κ1) is 15.9. The van der Waals surface area contributed by atoms with Crippen molar-refractivity contribution >= 4 is 71.0 Å². The number of benzene rings is 1. The van der Waals surface area contributed by atoms with Crippen LogP contribution in [0.5, 0.6) is 0 Å². The molecule has 0 heterocycles. The molecule has 1 aromatic rings. The fourth-order valence-corrected chi connectivity index (χ4v) is 3.95. The van der Waals surface area contributed by atoms with Crippen LogP contribution in [0.25, 0.3) is 0 Å². The average Bonchev–Trinajstić information content (AvgIpc) is 2.33. The van der Waals surface area contributed by atoms with Crippen molar-refractivity contribution in [1.29, 1.82) is 0 Å². The van der Waals surface area contributed by atoms with Gasteiger partial charge < -0.3 is 4.74 Å². The summed E-state index contributed by atoms with van der Waals surface area (Å²) in [7, 11) is 3.50. The molecule has 0 bridgehead atoms. The quantitative estimate of drug-likeness (QED) is 0.199. The van der Waals surface area contributed by atoms with Crippen LogP contribution in [0.2, 0.25) is 0 Å². The number of halogens is 2. The van der Waals surface area contributed by atoms with Crippen molar-refractivity contribution in [2.24, 2.45) is 0 Å². The third-order valence-corrected chi connectivity index (χ3v) is 5.05. The zero-order valence-electron chi connectivity index (χ0n) is 8.82. The van der Waals surface area contributed by atoms with Crippen LogP contribution >= 0.6 is 67.0 Å². The Balaban J connectivity index is 2.48. The molecule has 0 unspecified atom stereocenters. The van der Waals surface area contributed by atoms with Gasteiger partial charge in [-0.1, -0.05) is 39.8 Å². The summed E-state index contributed by atoms with van der Waals surface area (Å²) in [5.74, 6) is 1.04. The van der Waals surface area contributed by atoms with E-state index < -0.39 is 0 Å². The first-order valence-corrected chi connectivity index (χ1v) is 9.25. The lowest BCUT2D eigenvalue weighted by Gasteiger charge is -2.07. The van der Waals surface area contributed by atoms with Crippen LogP contribution in [-0.4, -0.2) is 16.3 Å². The monoisotopic (exact) mass is 495 g/mol. The number of carbonyl (C=O) groups excluding carboxylic acids is 1. The summed E-state index contributed by atoms with van der Waals surface area (Å²) >= 11 is 3.78. The molecule has 0 spiro atoms. The van der Waals surface area contributed by atoms with Crippen molar-refractivity contribution in [2.75, 3.05) is 12.3 Å². The smallest absolute Gasteiger partial charge is 0.367 e. The molecule has 0 fully saturated rings. The minimum atomic E-state index is -0.274. The Bertz CT molecular complexity index is 366. The normalized spacial score (nSPS) is 10.2. The van der Waals surface area contributed by atoms with E-state index in [9.17, 15) is 4.79 Å². The minimum Gasteiger partial charge on any atom is -0.453 e. The molecule has 1 rings (SSSR count). The molecular weight excluding hydrogens is 484 g/mol. The Labute approximate surface area is 136 Å². The summed E-state index contributed by atoms with van der Waals surface area (Å²) < 4.78 is 7.81. The van der Waals surface area contributed by atoms with Gasteiger partial charge >= 0.3 is 3.98 Å². The lowest BCUT2D eigenvalue weighted by Crippen LogP contribution is -2.01. The van der Waals surface area contributed by atoms with Crippen LogP contribution in [0.1, 0.15) is 5.56 Å². The molecule has 1 N–H and O–H groups in total. The first-order valence-electron chi connectivity index (χ1n) is 4.77. The Morgan fingerprint density at radius 3 is 2.88 bits per heavy atom. The second-order valence-corrected chi connectivity index (χ2v) is 7.02. The van der Waals surface area contributed by atoms with Gasteiger partial charge in [0.15, 0.2) is 0 Å². The molecule has 0 aliphatic heterocycles. The van der Waals surface area contributed by atoms with E-state index >= 15 is 0 Å². The average molecular weight is 495 g/mol. The molecular formula is C10H11I2NO2S2. The van der Waals surface area contributed by atoms with E-state index in [2.05, 4.69) is 26.4 Å². The van der Waals surface area contributed by atoms with Gasteiger partial charge in [-0.25, -0.2) is 4.79 Å². The van der Waals surface area contributed by atoms with Gasteiger partial charge in [0.25, 0.3) is 0 Å². The molecule has 0 aliphatic carbocycles. The van der Waals surface area contributed by atoms with E-state index in [-0.39, 0.29) is 3.98 Å². The Hall–Kier alpha value is 0.810. The van der Waals surface area contributed by atoms with Gasteiger partial charge in [0.2, 0.25) is 0 Å². The third kappa shape index (κ3) is 7.09. The van der Waals surface area contributed by atoms with Crippen LogP contribution in [0.4, 0.5) is 4.79 Å². The standard InChI is InChI=1S/C10H11I2NO2S2/c11-10(14)15-7-8-3-1-2-4-9(8)17-16-6-5-13-12/h1-4,13H,5-7H2. The summed E-state index contributed by atoms with van der Waals surface area (Å²) in [5, 5.41) is 0. The van der Waals surface area contributed by atoms with Gasteiger partial charge in [-0.2, -0.15) is 0 Å². The zero-order chi connectivity index (χ0) is 12.5. The molecule has 17 heavy (non-hydrogen) atoms. The largest absolute Gasteiger partial charge is 0.453 e. The van der Waals surface area contributed by atoms with Crippen LogP contribution in [0.15, 0.2) is 29.2 Å². The van der Waals surface area contributed by atoms with Gasteiger partial charge in [0, 0.05) is 45.6 Å². The van der Waals surface area contributed by atoms with E-state index in [1.165, 1.54) is 0 Å². The fourth-order valence-electron chi connectivity index (χ4n) is 1.02. The fraction of sp³-hybridized carbons (Fsp3) is 0.300. The Morgan fingerprint density at radius 1 is 1.41 bits per heavy atom. The molecule has 0 radical (unpaired) electrons. The molecule has 0 saturated carbocycles. The van der Waals surface area contributed by atoms with Crippen molar-refractivity contribution in [2.45, 2.75) is 11.5 Å². The van der Waals surface area contributed by atoms with Crippen molar-refractivity contribution in [3.8, 4) is 0 Å². The molecule has 0 atom stereocenters. The number of carbonyl (C=O) groups is 1. The van der Waals surface area contributed by atoms with Gasteiger partial charge in [-0.3, -0.25) is 3.53 Å². The zero-order valence-corrected chi connectivity index (χ0v) is 14.8. The summed E-state index contributed by atoms with van der Waals surface area (Å²) in [6.45, 7) is 1.32. The number of ether oxygens (including phenoxy) is 1. The molecule has 94 valence electrons. The minimum absolute atomic E-state index is 0.274. The van der Waals surface area contributed by atoms with Crippen LogP contribution in [-0.2, 0) is 11.3 Å². The van der Waals surface area contributed by atoms with Crippen LogP contribution in [0.3, 0.4) is 0 Å². The maximum absolute atomic E-state index is 10.8. The van der Waals surface area contributed by atoms with Gasteiger partial charge in [0.05, 0.1) is 22.6 Å². The van der Waals surface area contributed by atoms with Crippen molar-refractivity contribution in [3.63, 3.8) is 0 Å². The molecule has 0 amide bonds. The highest BCUT2D eigenvalue weighted by molar-refractivity contribution is 14.1. The second-order valence-electron chi connectivity index (χ2n) is 2.92. The predicted molar refractivity (Wildman–Crippen MR) is 91.0 cm³/mol. The van der Waals surface area contributed by atoms with Crippen LogP contribution < -0.4 is 3.53 Å². The van der Waals surface area contributed by atoms with Gasteiger partial charge in [-0.15, -0.1) is 0 Å². The lowest BCUT2D eigenvalue weighted by molar-refractivity contribution is 0.171. The van der Waals surface area contributed by atoms with E-state index in [0.29, 0.717) is 6.61 Å². The van der Waals surface area contributed by atoms with E-state index in [1.54, 1.807) is 44.2 Å². The van der Waals surface area contributed by atoms with Crippen molar-refractivity contribution in [1.82, 2.24) is 3.53 Å². The number of hydrogen-bond donors (Lipinski definition) is 1. The highest BCUT2D eigenvalue weighted by atomic mass is 127.